The summed E-state index contributed by atoms with van der Waals surface area (Å²) in [6.45, 7) is 0. The maximum atomic E-state index is 4.16. The second kappa shape index (κ2) is 2.30. The molecule has 0 bridgehead atoms. The molecule has 0 aliphatic rings. The zero-order valence-corrected chi connectivity index (χ0v) is 7.46. The minimum atomic E-state index is 0.855. The molecule has 11 heavy (non-hydrogen) atoms. The Morgan fingerprint density at radius 3 is 3.27 bits per heavy atom. The normalized spacial score (nSPS) is 10.7. The first kappa shape index (κ1) is 6.79. The molecule has 0 N–H and O–H groups in total. The number of hydrogen-bond donors (Lipinski definition) is 0. The van der Waals surface area contributed by atoms with Crippen LogP contribution in [-0.4, -0.2) is 14.5 Å². The van der Waals surface area contributed by atoms with Crippen LogP contribution in [-0.2, 0) is 7.05 Å². The van der Waals surface area contributed by atoms with Crippen LogP contribution in [0.4, 0.5) is 0 Å². The first-order valence-corrected chi connectivity index (χ1v) is 3.92. The molecule has 0 amide bonds. The molecule has 2 heterocycles. The van der Waals surface area contributed by atoms with Gasteiger partial charge in [0, 0.05) is 17.7 Å². The van der Waals surface area contributed by atoms with Crippen molar-refractivity contribution in [3.63, 3.8) is 0 Å². The van der Waals surface area contributed by atoms with Crippen LogP contribution in [0.15, 0.2) is 16.7 Å². The third-order valence-corrected chi connectivity index (χ3v) is 1.89. The van der Waals surface area contributed by atoms with Crippen molar-refractivity contribution in [2.75, 3.05) is 0 Å². The van der Waals surface area contributed by atoms with E-state index in [1.165, 1.54) is 0 Å². The summed E-state index contributed by atoms with van der Waals surface area (Å²) in [5.41, 5.74) is 1.72. The molecule has 2 aromatic heterocycles. The largest absolute Gasteiger partial charge is 0.309 e. The molecule has 0 spiro atoms. The number of imidazole rings is 1. The molecule has 0 saturated carbocycles. The van der Waals surface area contributed by atoms with Gasteiger partial charge in [0.15, 0.2) is 12.0 Å². The van der Waals surface area contributed by atoms with Gasteiger partial charge in [-0.15, -0.1) is 0 Å². The highest BCUT2D eigenvalue weighted by Gasteiger charge is 2.00. The summed E-state index contributed by atoms with van der Waals surface area (Å²) in [6, 6.07) is 1.92. The molecule has 4 heteroatoms. The predicted octanol–water partition coefficient (Wildman–Crippen LogP) is 1.53. The zero-order chi connectivity index (χ0) is 7.84. The van der Waals surface area contributed by atoms with Crippen LogP contribution in [0.2, 0.25) is 0 Å². The molecule has 0 fully saturated rings. The predicted molar refractivity (Wildman–Crippen MR) is 45.0 cm³/mol. The van der Waals surface area contributed by atoms with E-state index in [9.17, 15) is 0 Å². The van der Waals surface area contributed by atoms with Gasteiger partial charge < -0.3 is 4.57 Å². The van der Waals surface area contributed by atoms with Crippen LogP contribution in [0, 0.1) is 6.33 Å². The third-order valence-electron chi connectivity index (χ3n) is 1.45. The summed E-state index contributed by atoms with van der Waals surface area (Å²) >= 11 is 3.32. The number of rotatable bonds is 0. The fourth-order valence-corrected chi connectivity index (χ4v) is 1.26. The van der Waals surface area contributed by atoms with E-state index in [1.54, 1.807) is 10.8 Å². The molecule has 0 aliphatic carbocycles. The van der Waals surface area contributed by atoms with Crippen LogP contribution >= 0.6 is 15.9 Å². The highest BCUT2D eigenvalue weighted by molar-refractivity contribution is 9.10. The van der Waals surface area contributed by atoms with E-state index in [0.29, 0.717) is 0 Å². The monoisotopic (exact) mass is 210 g/mol. The number of aryl methyl sites for hydroxylation is 1. The molecule has 0 aliphatic heterocycles. The van der Waals surface area contributed by atoms with Crippen LogP contribution in [0.25, 0.3) is 11.2 Å². The van der Waals surface area contributed by atoms with Crippen molar-refractivity contribution in [1.82, 2.24) is 14.5 Å². The lowest BCUT2D eigenvalue weighted by molar-refractivity contribution is 0.920. The van der Waals surface area contributed by atoms with E-state index in [1.807, 2.05) is 13.1 Å². The maximum absolute atomic E-state index is 4.16. The lowest BCUT2D eigenvalue weighted by Crippen LogP contribution is -1.86. The Morgan fingerprint density at radius 2 is 2.45 bits per heavy atom. The second-order valence-electron chi connectivity index (χ2n) is 2.27. The summed E-state index contributed by atoms with van der Waals surface area (Å²) in [6.07, 6.45) is 4.54. The van der Waals surface area contributed by atoms with Gasteiger partial charge in [-0.3, -0.25) is 0 Å². The second-order valence-corrected chi connectivity index (χ2v) is 3.18. The molecule has 3 nitrogen and oxygen atoms in total. The van der Waals surface area contributed by atoms with Crippen molar-refractivity contribution in [3.05, 3.63) is 23.1 Å². The van der Waals surface area contributed by atoms with E-state index < -0.39 is 0 Å². The topological polar surface area (TPSA) is 30.7 Å². The highest BCUT2D eigenvalue weighted by Crippen LogP contribution is 2.14. The van der Waals surface area contributed by atoms with Crippen molar-refractivity contribution in [2.24, 2.45) is 7.05 Å². The molecule has 2 rings (SSSR count). The molecule has 0 saturated heterocycles. The number of nitrogens with zero attached hydrogens (tertiary/aromatic N) is 3. The lowest BCUT2D eigenvalue weighted by atomic mass is 10.4. The van der Waals surface area contributed by atoms with Gasteiger partial charge in [-0.1, -0.05) is 0 Å². The number of hydrogen-bond acceptors (Lipinski definition) is 2. The van der Waals surface area contributed by atoms with Gasteiger partial charge in [0.05, 0.1) is 0 Å². The van der Waals surface area contributed by atoms with Crippen LogP contribution in [0.5, 0.6) is 0 Å². The number of fused-ring (bicyclic) bond motifs is 1. The molecule has 55 valence electrons. The Bertz CT molecular complexity index is 393. The van der Waals surface area contributed by atoms with Crippen molar-refractivity contribution in [2.45, 2.75) is 0 Å². The van der Waals surface area contributed by atoms with E-state index >= 15 is 0 Å². The van der Waals surface area contributed by atoms with Gasteiger partial charge in [-0.05, 0) is 22.0 Å². The lowest BCUT2D eigenvalue weighted by Gasteiger charge is -1.91. The van der Waals surface area contributed by atoms with Crippen molar-refractivity contribution >= 4 is 27.1 Å². The first-order chi connectivity index (χ1) is 5.27. The molecule has 1 radical (unpaired) electrons. The van der Waals surface area contributed by atoms with Crippen LogP contribution in [0.1, 0.15) is 0 Å². The van der Waals surface area contributed by atoms with Crippen molar-refractivity contribution < 1.29 is 0 Å². The van der Waals surface area contributed by atoms with Crippen LogP contribution in [0.3, 0.4) is 0 Å². The smallest absolute Gasteiger partial charge is 0.178 e. The van der Waals surface area contributed by atoms with Gasteiger partial charge in [0.2, 0.25) is 0 Å². The minimum Gasteiger partial charge on any atom is -0.309 e. The minimum absolute atomic E-state index is 0.855. The summed E-state index contributed by atoms with van der Waals surface area (Å²) in [7, 11) is 1.87. The Kier molecular flexibility index (Phi) is 1.42. The van der Waals surface area contributed by atoms with Gasteiger partial charge in [0.25, 0.3) is 0 Å². The summed E-state index contributed by atoms with van der Waals surface area (Å²) in [5, 5.41) is 0. The van der Waals surface area contributed by atoms with E-state index in [2.05, 4.69) is 32.2 Å². The van der Waals surface area contributed by atoms with Crippen molar-refractivity contribution in [1.29, 1.82) is 0 Å². The Balaban J connectivity index is 2.86. The standard InChI is InChI=1S/C7H5BrN3/c1-11-4-10-6-2-5(8)3-9-7(6)11/h2-3H,1H3. The first-order valence-electron chi connectivity index (χ1n) is 3.13. The SMILES string of the molecule is Cn1[c]nc2cc(Br)cnc21. The number of aromatic nitrogens is 3. The molecular weight excluding hydrogens is 206 g/mol. The average Bonchev–Trinajstić information content (AvgIpc) is 2.32. The molecule has 0 aromatic carbocycles. The van der Waals surface area contributed by atoms with E-state index in [-0.39, 0.29) is 0 Å². The number of halogens is 1. The quantitative estimate of drug-likeness (QED) is 0.661. The van der Waals surface area contributed by atoms with Gasteiger partial charge in [-0.2, -0.15) is 0 Å². The fourth-order valence-electron chi connectivity index (χ4n) is 0.938. The molecule has 0 unspecified atom stereocenters. The van der Waals surface area contributed by atoms with Gasteiger partial charge in [0.1, 0.15) is 5.52 Å². The Morgan fingerprint density at radius 1 is 1.64 bits per heavy atom. The van der Waals surface area contributed by atoms with Crippen LogP contribution < -0.4 is 0 Å². The fraction of sp³-hybridized carbons (Fsp3) is 0.143. The number of pyridine rings is 1. The molecule has 0 atom stereocenters. The zero-order valence-electron chi connectivity index (χ0n) is 5.87. The maximum Gasteiger partial charge on any atom is 0.178 e. The molecule has 2 aromatic rings. The average molecular weight is 211 g/mol. The molecular formula is C7H5BrN3. The highest BCUT2D eigenvalue weighted by atomic mass is 79.9. The summed E-state index contributed by atoms with van der Waals surface area (Å²) < 4.78 is 2.71. The third kappa shape index (κ3) is 1.03. The summed E-state index contributed by atoms with van der Waals surface area (Å²) in [5.74, 6) is 0. The van der Waals surface area contributed by atoms with Gasteiger partial charge >= 0.3 is 0 Å². The van der Waals surface area contributed by atoms with E-state index in [0.717, 1.165) is 15.6 Å². The Hall–Kier alpha value is -0.900. The van der Waals surface area contributed by atoms with E-state index in [4.69, 9.17) is 0 Å². The Labute approximate surface area is 72.2 Å². The van der Waals surface area contributed by atoms with Gasteiger partial charge in [-0.25, -0.2) is 9.97 Å². The summed E-state index contributed by atoms with van der Waals surface area (Å²) in [4.78, 5) is 8.19. The van der Waals surface area contributed by atoms with Crippen molar-refractivity contribution in [3.8, 4) is 0 Å².